The highest BCUT2D eigenvalue weighted by Gasteiger charge is 2.19. The molecule has 1 atom stereocenters. The maximum absolute atomic E-state index is 12.9. The summed E-state index contributed by atoms with van der Waals surface area (Å²) in [6, 6.07) is 0. The molecule has 0 aromatic rings. The Morgan fingerprint density at radius 1 is 0.274 bits per heavy atom. The third kappa shape index (κ3) is 58.8. The molecule has 416 valence electrons. The van der Waals surface area contributed by atoms with Crippen molar-refractivity contribution in [1.29, 1.82) is 0 Å². The van der Waals surface area contributed by atoms with Crippen LogP contribution in [0.2, 0.25) is 0 Å². The molecule has 0 heterocycles. The van der Waals surface area contributed by atoms with Crippen molar-refractivity contribution in [2.75, 3.05) is 13.2 Å². The molecule has 0 saturated carbocycles. The first-order valence-electron chi connectivity index (χ1n) is 30.5. The van der Waals surface area contributed by atoms with Gasteiger partial charge in [0.25, 0.3) is 0 Å². The lowest BCUT2D eigenvalue weighted by Crippen LogP contribution is -2.30. The molecular weight excluding hydrogens is 901 g/mol. The molecule has 6 nitrogen and oxygen atoms in total. The van der Waals surface area contributed by atoms with E-state index in [4.69, 9.17) is 14.2 Å². The van der Waals surface area contributed by atoms with Gasteiger partial charge in [-0.3, -0.25) is 14.4 Å². The summed E-state index contributed by atoms with van der Waals surface area (Å²) >= 11 is 0. The zero-order chi connectivity index (χ0) is 52.9. The van der Waals surface area contributed by atoms with Crippen LogP contribution < -0.4 is 0 Å². The van der Waals surface area contributed by atoms with Crippen molar-refractivity contribution in [2.45, 2.75) is 284 Å². The van der Waals surface area contributed by atoms with Crippen LogP contribution in [0.3, 0.4) is 0 Å². The number of allylic oxidation sites excluding steroid dienone is 18. The lowest BCUT2D eigenvalue weighted by Gasteiger charge is -2.18. The summed E-state index contributed by atoms with van der Waals surface area (Å²) in [7, 11) is 0. The molecule has 1 unspecified atom stereocenters. The Bertz CT molecular complexity index is 1490. The Morgan fingerprint density at radius 2 is 0.534 bits per heavy atom. The maximum Gasteiger partial charge on any atom is 0.306 e. The molecule has 0 aromatic heterocycles. The quantitative estimate of drug-likeness (QED) is 0.0199. The molecule has 0 aliphatic rings. The Kier molecular flexibility index (Phi) is 57.4. The van der Waals surface area contributed by atoms with Crippen molar-refractivity contribution in [3.05, 3.63) is 109 Å². The predicted molar refractivity (Wildman–Crippen MR) is 316 cm³/mol. The van der Waals surface area contributed by atoms with Crippen LogP contribution in [-0.4, -0.2) is 37.2 Å². The van der Waals surface area contributed by atoms with Crippen LogP contribution in [0.4, 0.5) is 0 Å². The van der Waals surface area contributed by atoms with Crippen molar-refractivity contribution in [3.8, 4) is 0 Å². The summed E-state index contributed by atoms with van der Waals surface area (Å²) in [6.45, 7) is 6.51. The Balaban J connectivity index is 4.49. The summed E-state index contributed by atoms with van der Waals surface area (Å²) in [5.74, 6) is -0.944. The summed E-state index contributed by atoms with van der Waals surface area (Å²) in [5.41, 5.74) is 0. The number of carbonyl (C=O) groups is 3. The van der Waals surface area contributed by atoms with Gasteiger partial charge in [0.15, 0.2) is 6.10 Å². The molecule has 0 saturated heterocycles. The van der Waals surface area contributed by atoms with Crippen molar-refractivity contribution < 1.29 is 28.6 Å². The van der Waals surface area contributed by atoms with E-state index in [-0.39, 0.29) is 31.1 Å². The number of unbranched alkanes of at least 4 members (excludes halogenated alkanes) is 31. The lowest BCUT2D eigenvalue weighted by molar-refractivity contribution is -0.167. The van der Waals surface area contributed by atoms with E-state index < -0.39 is 6.10 Å². The predicted octanol–water partition coefficient (Wildman–Crippen LogP) is 20.7. The zero-order valence-corrected chi connectivity index (χ0v) is 47.6. The van der Waals surface area contributed by atoms with Crippen molar-refractivity contribution in [1.82, 2.24) is 0 Å². The minimum atomic E-state index is -0.805. The van der Waals surface area contributed by atoms with Crippen LogP contribution in [-0.2, 0) is 28.6 Å². The maximum atomic E-state index is 12.9. The van der Waals surface area contributed by atoms with Crippen molar-refractivity contribution in [2.24, 2.45) is 0 Å². The summed E-state index contributed by atoms with van der Waals surface area (Å²) in [6.07, 6.45) is 82.1. The molecule has 0 bridgehead atoms. The van der Waals surface area contributed by atoms with Gasteiger partial charge in [-0.1, -0.05) is 278 Å². The van der Waals surface area contributed by atoms with E-state index in [0.717, 1.165) is 109 Å². The summed E-state index contributed by atoms with van der Waals surface area (Å²) < 4.78 is 16.9. The smallest absolute Gasteiger partial charge is 0.306 e. The largest absolute Gasteiger partial charge is 0.462 e. The Morgan fingerprint density at radius 3 is 0.863 bits per heavy atom. The van der Waals surface area contributed by atoms with Crippen molar-refractivity contribution >= 4 is 17.9 Å². The fraction of sp³-hybridized carbons (Fsp3) is 0.687. The Hall–Kier alpha value is -3.93. The minimum absolute atomic E-state index is 0.0989. The summed E-state index contributed by atoms with van der Waals surface area (Å²) in [5, 5.41) is 0. The SMILES string of the molecule is CCC\C=C/C=C\C=C/C=C\C=C/CCCCCCCC(=O)OC(COC(=O)CCCCCCC\C=C/C=C\C=C/CCCCCCC)COC(=O)CCCCCCCCC/C=C\CCCCCCCCCC. The standard InChI is InChI=1S/C67H112O6/c1-4-7-10-13-16-19-22-25-28-31-34-37-39-42-45-48-51-54-57-60-66(69)72-63-64(73-67(70)61-58-55-52-49-46-43-40-36-33-30-27-24-21-18-15-12-9-6-3)62-71-65(68)59-56-53-50-47-44-41-38-35-32-29-26-23-20-17-14-11-8-5-2/h12,15,18,21,23-24,26-27,29-36,38,40,64H,4-11,13-14,16-17,19-20,22,25,28,37,39,41-63H2,1-3H3/b15-12-,21-18-,26-23-,27-24-,32-29-,33-30-,34-31-,38-35-,40-36-. The van der Waals surface area contributed by atoms with Crippen LogP contribution in [0.25, 0.3) is 0 Å². The highest BCUT2D eigenvalue weighted by Crippen LogP contribution is 2.15. The molecule has 0 spiro atoms. The molecule has 0 rings (SSSR count). The molecular formula is C67H112O6. The third-order valence-electron chi connectivity index (χ3n) is 12.9. The van der Waals surface area contributed by atoms with Crippen LogP contribution in [0, 0.1) is 0 Å². The number of esters is 3. The van der Waals surface area contributed by atoms with Crippen LogP contribution >= 0.6 is 0 Å². The van der Waals surface area contributed by atoms with E-state index in [1.807, 2.05) is 24.3 Å². The third-order valence-corrected chi connectivity index (χ3v) is 12.9. The fourth-order valence-electron chi connectivity index (χ4n) is 8.29. The molecule has 0 aliphatic heterocycles. The highest BCUT2D eigenvalue weighted by atomic mass is 16.6. The molecule has 73 heavy (non-hydrogen) atoms. The van der Waals surface area contributed by atoms with Crippen molar-refractivity contribution in [3.63, 3.8) is 0 Å². The number of ether oxygens (including phenoxy) is 3. The Labute approximate surface area is 450 Å². The molecule has 0 aliphatic carbocycles. The lowest BCUT2D eigenvalue weighted by atomic mass is 10.1. The van der Waals surface area contributed by atoms with E-state index in [1.54, 1.807) is 0 Å². The van der Waals surface area contributed by atoms with Gasteiger partial charge in [0.1, 0.15) is 13.2 Å². The molecule has 0 radical (unpaired) electrons. The molecule has 0 aromatic carbocycles. The minimum Gasteiger partial charge on any atom is -0.462 e. The summed E-state index contributed by atoms with van der Waals surface area (Å²) in [4.78, 5) is 38.3. The topological polar surface area (TPSA) is 78.9 Å². The van der Waals surface area contributed by atoms with Gasteiger partial charge in [0.2, 0.25) is 0 Å². The van der Waals surface area contributed by atoms with Crippen LogP contribution in [0.5, 0.6) is 0 Å². The normalized spacial score (nSPS) is 12.9. The van der Waals surface area contributed by atoms with Gasteiger partial charge in [-0.25, -0.2) is 0 Å². The molecule has 0 fully saturated rings. The molecule has 0 amide bonds. The van der Waals surface area contributed by atoms with Gasteiger partial charge < -0.3 is 14.2 Å². The number of carbonyl (C=O) groups excluding carboxylic acids is 3. The monoisotopic (exact) mass is 1010 g/mol. The average molecular weight is 1010 g/mol. The van der Waals surface area contributed by atoms with Crippen LogP contribution in [0.1, 0.15) is 278 Å². The molecule has 6 heteroatoms. The molecule has 0 N–H and O–H groups in total. The van der Waals surface area contributed by atoms with Gasteiger partial charge in [-0.05, 0) is 89.9 Å². The average Bonchev–Trinajstić information content (AvgIpc) is 3.39. The van der Waals surface area contributed by atoms with Gasteiger partial charge in [0.05, 0.1) is 0 Å². The number of hydrogen-bond acceptors (Lipinski definition) is 6. The first-order valence-corrected chi connectivity index (χ1v) is 30.5. The van der Waals surface area contributed by atoms with E-state index in [0.29, 0.717) is 19.3 Å². The van der Waals surface area contributed by atoms with Gasteiger partial charge in [-0.2, -0.15) is 0 Å². The van der Waals surface area contributed by atoms with E-state index in [9.17, 15) is 14.4 Å². The van der Waals surface area contributed by atoms with Gasteiger partial charge >= 0.3 is 17.9 Å². The second kappa shape index (κ2) is 60.6. The van der Waals surface area contributed by atoms with E-state index >= 15 is 0 Å². The first kappa shape index (κ1) is 69.1. The second-order valence-electron chi connectivity index (χ2n) is 20.1. The van der Waals surface area contributed by atoms with Crippen LogP contribution in [0.15, 0.2) is 109 Å². The second-order valence-corrected chi connectivity index (χ2v) is 20.1. The number of rotatable bonds is 54. The highest BCUT2D eigenvalue weighted by molar-refractivity contribution is 5.71. The zero-order valence-electron chi connectivity index (χ0n) is 47.6. The number of hydrogen-bond donors (Lipinski definition) is 0. The van der Waals surface area contributed by atoms with Gasteiger partial charge in [-0.15, -0.1) is 0 Å². The fourth-order valence-corrected chi connectivity index (χ4v) is 8.29. The van der Waals surface area contributed by atoms with Gasteiger partial charge in [0, 0.05) is 19.3 Å². The van der Waals surface area contributed by atoms with E-state index in [1.165, 1.54) is 128 Å². The first-order chi connectivity index (χ1) is 36.0. The van der Waals surface area contributed by atoms with E-state index in [2.05, 4.69) is 106 Å².